The van der Waals surface area contributed by atoms with E-state index in [0.29, 0.717) is 12.8 Å². The second kappa shape index (κ2) is 6.85. The van der Waals surface area contributed by atoms with Crippen molar-refractivity contribution in [1.29, 1.82) is 0 Å². The van der Waals surface area contributed by atoms with Crippen molar-refractivity contribution < 1.29 is 29.9 Å². The predicted octanol–water partition coefficient (Wildman–Crippen LogP) is -1.67. The van der Waals surface area contributed by atoms with Crippen molar-refractivity contribution in [2.75, 3.05) is 0 Å². The van der Waals surface area contributed by atoms with Crippen LogP contribution >= 0.6 is 0 Å². The van der Waals surface area contributed by atoms with Gasteiger partial charge in [-0.2, -0.15) is 0 Å². The summed E-state index contributed by atoms with van der Waals surface area (Å²) in [7, 11) is 0. The van der Waals surface area contributed by atoms with Crippen molar-refractivity contribution in [1.82, 2.24) is 5.32 Å². The largest absolute Gasteiger partial charge is 0.548 e. The molecule has 0 bridgehead atoms. The Labute approximate surface area is 116 Å². The van der Waals surface area contributed by atoms with Crippen LogP contribution in [0.2, 0.25) is 0 Å². The van der Waals surface area contributed by atoms with E-state index in [1.165, 1.54) is 0 Å². The zero-order chi connectivity index (χ0) is 15.3. The minimum atomic E-state index is -1.19. The van der Waals surface area contributed by atoms with Gasteiger partial charge in [0.25, 0.3) is 0 Å². The van der Waals surface area contributed by atoms with Gasteiger partial charge < -0.3 is 25.4 Å². The monoisotopic (exact) mass is 282 g/mol. The standard InChI is InChI=1S/C8H11NO2.C5H7NO3/c1-5-7(4-10)3-9-6(2)8(5)11;7-4-2-1-3(6-4)5(8)9/h3,10-11H,4H2,1-2H3;3H,1-2H2,(H,6,7)(H,8,9). The van der Waals surface area contributed by atoms with Crippen LogP contribution in [0.1, 0.15) is 29.7 Å². The summed E-state index contributed by atoms with van der Waals surface area (Å²) >= 11 is 0. The molecule has 4 N–H and O–H groups in total. The van der Waals surface area contributed by atoms with Crippen LogP contribution < -0.4 is 15.4 Å². The van der Waals surface area contributed by atoms with E-state index in [1.807, 2.05) is 0 Å². The Kier molecular flexibility index (Phi) is 5.45. The minimum absolute atomic E-state index is 0.0455. The summed E-state index contributed by atoms with van der Waals surface area (Å²) < 4.78 is 0. The molecule has 0 aromatic carbocycles. The number of H-pyrrole nitrogens is 1. The molecule has 20 heavy (non-hydrogen) atoms. The van der Waals surface area contributed by atoms with Gasteiger partial charge in [0.15, 0.2) is 11.9 Å². The Bertz CT molecular complexity index is 516. The number of amides is 1. The third-order valence-corrected chi connectivity index (χ3v) is 3.11. The molecule has 110 valence electrons. The number of hydrogen-bond acceptors (Lipinski definition) is 5. The average Bonchev–Trinajstić information content (AvgIpc) is 2.84. The topological polar surface area (TPSA) is 124 Å². The van der Waals surface area contributed by atoms with Crippen LogP contribution in [0.15, 0.2) is 6.20 Å². The fourth-order valence-corrected chi connectivity index (χ4v) is 1.76. The summed E-state index contributed by atoms with van der Waals surface area (Å²) in [5.74, 6) is -1.17. The van der Waals surface area contributed by atoms with Gasteiger partial charge in [-0.1, -0.05) is 0 Å². The van der Waals surface area contributed by atoms with Crippen LogP contribution in [0.4, 0.5) is 0 Å². The number of carboxylic acid groups (broad SMARTS) is 1. The second-order valence-electron chi connectivity index (χ2n) is 4.55. The van der Waals surface area contributed by atoms with E-state index in [9.17, 15) is 19.8 Å². The molecule has 2 rings (SSSR count). The maximum atomic E-state index is 10.4. The van der Waals surface area contributed by atoms with Gasteiger partial charge in [0.05, 0.1) is 18.6 Å². The van der Waals surface area contributed by atoms with Crippen molar-refractivity contribution in [2.24, 2.45) is 0 Å². The first-order chi connectivity index (χ1) is 9.36. The molecule has 1 aromatic rings. The van der Waals surface area contributed by atoms with E-state index < -0.39 is 12.0 Å². The molecule has 1 fully saturated rings. The van der Waals surface area contributed by atoms with Gasteiger partial charge >= 0.3 is 0 Å². The van der Waals surface area contributed by atoms with Gasteiger partial charge in [-0.05, 0) is 13.3 Å². The highest BCUT2D eigenvalue weighted by atomic mass is 16.4. The molecule has 0 saturated carbocycles. The number of carboxylic acids is 1. The van der Waals surface area contributed by atoms with Crippen molar-refractivity contribution in [3.63, 3.8) is 0 Å². The molecule has 1 aromatic heterocycles. The van der Waals surface area contributed by atoms with Gasteiger partial charge in [0.1, 0.15) is 0 Å². The second-order valence-corrected chi connectivity index (χ2v) is 4.55. The molecule has 1 unspecified atom stereocenters. The number of aromatic nitrogens is 1. The van der Waals surface area contributed by atoms with Crippen molar-refractivity contribution >= 4 is 11.9 Å². The summed E-state index contributed by atoms with van der Waals surface area (Å²) in [6, 6.07) is -0.752. The quantitative estimate of drug-likeness (QED) is 0.598. The molecule has 1 atom stereocenters. The molecule has 0 radical (unpaired) electrons. The van der Waals surface area contributed by atoms with E-state index >= 15 is 0 Å². The lowest BCUT2D eigenvalue weighted by atomic mass is 10.1. The van der Waals surface area contributed by atoms with Gasteiger partial charge in [0.2, 0.25) is 11.6 Å². The summed E-state index contributed by atoms with van der Waals surface area (Å²) in [4.78, 5) is 23.2. The molecule has 1 aliphatic rings. The first kappa shape index (κ1) is 15.9. The Morgan fingerprint density at radius 1 is 1.55 bits per heavy atom. The third kappa shape index (κ3) is 3.92. The van der Waals surface area contributed by atoms with Crippen molar-refractivity contribution in [3.05, 3.63) is 23.0 Å². The Morgan fingerprint density at radius 2 is 2.20 bits per heavy atom. The van der Waals surface area contributed by atoms with Gasteiger partial charge in [-0.25, -0.2) is 4.98 Å². The predicted molar refractivity (Wildman–Crippen MR) is 66.2 cm³/mol. The lowest BCUT2D eigenvalue weighted by Gasteiger charge is -2.08. The molecule has 1 amide bonds. The van der Waals surface area contributed by atoms with Gasteiger partial charge in [-0.15, -0.1) is 0 Å². The van der Waals surface area contributed by atoms with Crippen LogP contribution in [0.5, 0.6) is 5.75 Å². The Balaban J connectivity index is 0.000000204. The minimum Gasteiger partial charge on any atom is -0.548 e. The zero-order valence-corrected chi connectivity index (χ0v) is 11.4. The van der Waals surface area contributed by atoms with Crippen LogP contribution in [-0.2, 0) is 16.2 Å². The number of aromatic amines is 1. The summed E-state index contributed by atoms with van der Waals surface area (Å²) in [6.07, 6.45) is 2.37. The molecular weight excluding hydrogens is 264 g/mol. The molecule has 7 heteroatoms. The highest BCUT2D eigenvalue weighted by molar-refractivity contribution is 5.86. The lowest BCUT2D eigenvalue weighted by Crippen LogP contribution is -2.42. The lowest BCUT2D eigenvalue weighted by molar-refractivity contribution is -0.389. The number of nitrogens with one attached hydrogen (secondary N) is 2. The Hall–Kier alpha value is -2.15. The molecule has 2 heterocycles. The number of hydrogen-bond donors (Lipinski definition) is 3. The number of aryl methyl sites for hydroxylation is 1. The number of aliphatic hydroxyl groups excluding tert-OH is 1. The normalized spacial score (nSPS) is 17.1. The Morgan fingerprint density at radius 3 is 2.60 bits per heavy atom. The molecule has 0 aliphatic carbocycles. The molecule has 1 aliphatic heterocycles. The van der Waals surface area contributed by atoms with E-state index in [4.69, 9.17) is 5.11 Å². The smallest absolute Gasteiger partial charge is 0.220 e. The fourth-order valence-electron chi connectivity index (χ4n) is 1.76. The molecule has 1 saturated heterocycles. The number of carbonyl (C=O) groups excluding carboxylic acids is 2. The maximum Gasteiger partial charge on any atom is 0.220 e. The third-order valence-electron chi connectivity index (χ3n) is 3.11. The van der Waals surface area contributed by atoms with Crippen molar-refractivity contribution in [2.45, 2.75) is 39.3 Å². The molecule has 0 spiro atoms. The molecular formula is C13H18N2O5. The summed E-state index contributed by atoms with van der Waals surface area (Å²) in [6.45, 7) is 3.52. The highest BCUT2D eigenvalue weighted by Gasteiger charge is 2.20. The summed E-state index contributed by atoms with van der Waals surface area (Å²) in [5, 5.41) is 30.5. The van der Waals surface area contributed by atoms with Gasteiger partial charge in [-0.3, -0.25) is 4.79 Å². The van der Waals surface area contributed by atoms with E-state index in [1.54, 1.807) is 20.0 Å². The maximum absolute atomic E-state index is 10.4. The van der Waals surface area contributed by atoms with Crippen LogP contribution in [-0.4, -0.2) is 28.1 Å². The van der Waals surface area contributed by atoms with Gasteiger partial charge in [0, 0.05) is 24.5 Å². The van der Waals surface area contributed by atoms with E-state index in [0.717, 1.165) is 16.8 Å². The van der Waals surface area contributed by atoms with E-state index in [-0.39, 0.29) is 18.3 Å². The zero-order valence-electron chi connectivity index (χ0n) is 11.4. The highest BCUT2D eigenvalue weighted by Crippen LogP contribution is 2.19. The fraction of sp³-hybridized carbons (Fsp3) is 0.462. The number of pyridine rings is 1. The molecule has 7 nitrogen and oxygen atoms in total. The first-order valence-electron chi connectivity index (χ1n) is 6.17. The van der Waals surface area contributed by atoms with Crippen LogP contribution in [0.3, 0.4) is 0 Å². The average molecular weight is 282 g/mol. The number of aliphatic carboxylic acids is 1. The van der Waals surface area contributed by atoms with E-state index in [2.05, 4.69) is 10.3 Å². The number of aliphatic hydroxyl groups is 1. The number of aromatic hydroxyl groups is 1. The first-order valence-corrected chi connectivity index (χ1v) is 6.17. The van der Waals surface area contributed by atoms with Crippen molar-refractivity contribution in [3.8, 4) is 5.75 Å². The van der Waals surface area contributed by atoms with Crippen LogP contribution in [0, 0.1) is 13.8 Å². The number of rotatable bonds is 2. The number of carbonyl (C=O) groups is 2. The summed E-state index contributed by atoms with van der Waals surface area (Å²) in [5.41, 5.74) is 2.19. The van der Waals surface area contributed by atoms with Crippen LogP contribution in [0.25, 0.3) is 0 Å². The SMILES string of the molecule is Cc1[nH+]cc(CO)c(C)c1O.O=C1CCC(C(=O)[O-])N1.